The van der Waals surface area contributed by atoms with E-state index in [9.17, 15) is 19.0 Å². The lowest BCUT2D eigenvalue weighted by atomic mass is 9.87. The van der Waals surface area contributed by atoms with Gasteiger partial charge in [-0.1, -0.05) is 6.92 Å². The second-order valence-corrected chi connectivity index (χ2v) is 7.68. The van der Waals surface area contributed by atoms with Gasteiger partial charge in [-0.3, -0.25) is 23.4 Å². The molecule has 1 aromatic rings. The van der Waals surface area contributed by atoms with Crippen molar-refractivity contribution in [2.24, 2.45) is 0 Å². The number of hydrogen-bond donors (Lipinski definition) is 2. The molecule has 2 N–H and O–H groups in total. The molecule has 25 heavy (non-hydrogen) atoms. The molecule has 5 atom stereocenters. The van der Waals surface area contributed by atoms with Crippen LogP contribution in [0.4, 0.5) is 0 Å². The Bertz CT molecular complexity index is 820. The summed E-state index contributed by atoms with van der Waals surface area (Å²) in [7, 11) is -3.22. The minimum Gasteiger partial charge on any atom is -0.371 e. The van der Waals surface area contributed by atoms with Crippen molar-refractivity contribution in [1.82, 2.24) is 9.55 Å². The molecule has 11 heteroatoms. The van der Waals surface area contributed by atoms with E-state index in [2.05, 4.69) is 9.51 Å². The molecule has 2 unspecified atom stereocenters. The van der Waals surface area contributed by atoms with E-state index in [0.29, 0.717) is 25.0 Å². The maximum absolute atomic E-state index is 12.2. The minimum atomic E-state index is -4.28. The van der Waals surface area contributed by atoms with Crippen molar-refractivity contribution in [3.63, 3.8) is 0 Å². The van der Waals surface area contributed by atoms with E-state index in [4.69, 9.17) is 14.0 Å². The molecular formula is C14H21N2O8P. The van der Waals surface area contributed by atoms with Gasteiger partial charge >= 0.3 is 13.5 Å². The van der Waals surface area contributed by atoms with E-state index < -0.39 is 43.1 Å². The number of aromatic amines is 1. The van der Waals surface area contributed by atoms with Crippen LogP contribution in [0.3, 0.4) is 0 Å². The van der Waals surface area contributed by atoms with Crippen LogP contribution in [0.25, 0.3) is 0 Å². The van der Waals surface area contributed by atoms with Gasteiger partial charge in [-0.15, -0.1) is 0 Å². The molecule has 0 radical (unpaired) electrons. The number of phosphoric acid groups is 1. The second-order valence-electron chi connectivity index (χ2n) is 6.17. The first-order chi connectivity index (χ1) is 11.7. The third-order valence-corrected chi connectivity index (χ3v) is 5.74. The maximum atomic E-state index is 12.2. The molecule has 3 heterocycles. The highest BCUT2D eigenvalue weighted by atomic mass is 31.2. The predicted molar refractivity (Wildman–Crippen MR) is 85.3 cm³/mol. The zero-order chi connectivity index (χ0) is 18.4. The number of nitrogens with zero attached hydrogens (tertiary/aromatic N) is 1. The molecule has 2 aliphatic heterocycles. The molecule has 2 fully saturated rings. The van der Waals surface area contributed by atoms with Crippen LogP contribution >= 0.6 is 7.82 Å². The molecular weight excluding hydrogens is 355 g/mol. The normalized spacial score (nSPS) is 34.0. The number of phosphoric ester groups is 1. The molecule has 1 aromatic heterocycles. The van der Waals surface area contributed by atoms with Gasteiger partial charge in [0.05, 0.1) is 6.61 Å². The third-order valence-electron chi connectivity index (χ3n) is 4.78. The molecule has 0 aliphatic carbocycles. The fraction of sp³-hybridized carbons (Fsp3) is 0.714. The molecule has 140 valence electrons. The van der Waals surface area contributed by atoms with Crippen molar-refractivity contribution < 1.29 is 28.0 Å². The van der Waals surface area contributed by atoms with Gasteiger partial charge in [-0.05, 0) is 13.3 Å². The quantitative estimate of drug-likeness (QED) is 0.709. The van der Waals surface area contributed by atoms with E-state index in [1.807, 2.05) is 6.92 Å². The summed E-state index contributed by atoms with van der Waals surface area (Å²) in [5.74, 6) is 0. The van der Waals surface area contributed by atoms with E-state index in [1.54, 1.807) is 6.92 Å². The summed E-state index contributed by atoms with van der Waals surface area (Å²) in [5.41, 5.74) is -1.70. The first kappa shape index (κ1) is 18.5. The smallest absolute Gasteiger partial charge is 0.371 e. The van der Waals surface area contributed by atoms with Gasteiger partial charge in [0.15, 0.2) is 6.23 Å². The molecule has 0 amide bonds. The highest BCUT2D eigenvalue weighted by molar-refractivity contribution is 7.47. The van der Waals surface area contributed by atoms with Crippen molar-refractivity contribution in [3.05, 3.63) is 32.6 Å². The van der Waals surface area contributed by atoms with Crippen molar-refractivity contribution in [2.75, 3.05) is 13.7 Å². The van der Waals surface area contributed by atoms with Crippen LogP contribution in [0.15, 0.2) is 15.8 Å². The molecule has 2 saturated heterocycles. The molecule has 0 aromatic carbocycles. The van der Waals surface area contributed by atoms with Gasteiger partial charge in [-0.2, -0.15) is 0 Å². The summed E-state index contributed by atoms with van der Waals surface area (Å²) >= 11 is 0. The number of rotatable bonds is 5. The summed E-state index contributed by atoms with van der Waals surface area (Å²) < 4.78 is 34.8. The van der Waals surface area contributed by atoms with Crippen LogP contribution in [0.1, 0.15) is 31.6 Å². The van der Waals surface area contributed by atoms with E-state index in [-0.39, 0.29) is 0 Å². The lowest BCUT2D eigenvalue weighted by Crippen LogP contribution is -2.49. The zero-order valence-corrected chi connectivity index (χ0v) is 15.0. The molecule has 0 spiro atoms. The molecule has 2 bridgehead atoms. The number of aromatic nitrogens is 2. The summed E-state index contributed by atoms with van der Waals surface area (Å²) in [4.78, 5) is 35.7. The van der Waals surface area contributed by atoms with Crippen LogP contribution in [0.5, 0.6) is 0 Å². The Morgan fingerprint density at radius 1 is 1.52 bits per heavy atom. The number of ether oxygens (including phenoxy) is 2. The molecule has 3 rings (SSSR count). The van der Waals surface area contributed by atoms with E-state index in [1.165, 1.54) is 10.8 Å². The topological polar surface area (TPSA) is 129 Å². The number of H-pyrrole nitrogens is 1. The van der Waals surface area contributed by atoms with Gasteiger partial charge in [0.2, 0.25) is 0 Å². The number of nitrogens with one attached hydrogen (secondary N) is 1. The average Bonchev–Trinajstić information content (AvgIpc) is 2.73. The first-order valence-electron chi connectivity index (χ1n) is 7.91. The Hall–Kier alpha value is -1.29. The SMILES string of the molecule is CC[C@]12CCO[C@@H](C1OP(=O)(O)OC)[C@H](n1cc(C)c(=O)[nH]c1=O)O2. The van der Waals surface area contributed by atoms with Gasteiger partial charge in [0.1, 0.15) is 17.8 Å². The van der Waals surface area contributed by atoms with Crippen molar-refractivity contribution in [2.45, 2.75) is 50.7 Å². The summed E-state index contributed by atoms with van der Waals surface area (Å²) in [6.45, 7) is 3.78. The number of hydrogen-bond acceptors (Lipinski definition) is 7. The summed E-state index contributed by atoms with van der Waals surface area (Å²) in [6, 6.07) is 0. The lowest BCUT2D eigenvalue weighted by Gasteiger charge is -2.37. The average molecular weight is 376 g/mol. The van der Waals surface area contributed by atoms with Gasteiger partial charge in [0.25, 0.3) is 5.56 Å². The number of aryl methyl sites for hydroxylation is 1. The highest BCUT2D eigenvalue weighted by Crippen LogP contribution is 2.54. The van der Waals surface area contributed by atoms with E-state index in [0.717, 1.165) is 7.11 Å². The largest absolute Gasteiger partial charge is 0.472 e. The van der Waals surface area contributed by atoms with Gasteiger partial charge in [0, 0.05) is 25.3 Å². The van der Waals surface area contributed by atoms with Crippen LogP contribution < -0.4 is 11.2 Å². The maximum Gasteiger partial charge on any atom is 0.472 e. The van der Waals surface area contributed by atoms with Crippen LogP contribution in [-0.2, 0) is 23.1 Å². The van der Waals surface area contributed by atoms with E-state index >= 15 is 0 Å². The lowest BCUT2D eigenvalue weighted by molar-refractivity contribution is -0.120. The minimum absolute atomic E-state index is 0.331. The fourth-order valence-corrected chi connectivity index (χ4v) is 4.04. The first-order valence-corrected chi connectivity index (χ1v) is 9.41. The fourth-order valence-electron chi connectivity index (χ4n) is 3.36. The standard InChI is InChI=1S/C14H21N2O8P/c1-4-14-5-6-22-9(10(14)24-25(19,20)21-3)12(23-14)16-7-8(2)11(17)15-13(16)18/h7,9-10,12H,4-6H2,1-3H3,(H,19,20)(H,15,17,18)/t9-,10?,12+,14-/m0/s1. The van der Waals surface area contributed by atoms with Crippen molar-refractivity contribution in [3.8, 4) is 0 Å². The Morgan fingerprint density at radius 2 is 2.24 bits per heavy atom. The third kappa shape index (κ3) is 3.14. The molecule has 2 aliphatic rings. The second kappa shape index (κ2) is 6.46. The Kier molecular flexibility index (Phi) is 4.78. The van der Waals surface area contributed by atoms with Crippen molar-refractivity contribution >= 4 is 7.82 Å². The zero-order valence-electron chi connectivity index (χ0n) is 14.1. The van der Waals surface area contributed by atoms with Crippen LogP contribution in [0, 0.1) is 6.92 Å². The van der Waals surface area contributed by atoms with Crippen molar-refractivity contribution in [1.29, 1.82) is 0 Å². The summed E-state index contributed by atoms with van der Waals surface area (Å²) in [5, 5.41) is 0. The highest BCUT2D eigenvalue weighted by Gasteiger charge is 2.60. The molecule has 0 saturated carbocycles. The molecule has 10 nitrogen and oxygen atoms in total. The number of fused-ring (bicyclic) bond motifs is 2. The predicted octanol–water partition coefficient (Wildman–Crippen LogP) is 0.444. The Balaban J connectivity index is 2.04. The Labute approximate surface area is 143 Å². The summed E-state index contributed by atoms with van der Waals surface area (Å²) in [6.07, 6.45) is -0.298. The monoisotopic (exact) mass is 376 g/mol. The Morgan fingerprint density at radius 3 is 2.88 bits per heavy atom. The van der Waals surface area contributed by atoms with Gasteiger partial charge in [-0.25, -0.2) is 9.36 Å². The van der Waals surface area contributed by atoms with Gasteiger partial charge < -0.3 is 14.4 Å². The van der Waals surface area contributed by atoms with Crippen LogP contribution in [-0.4, -0.2) is 46.0 Å². The van der Waals surface area contributed by atoms with Crippen LogP contribution in [0.2, 0.25) is 0 Å².